The molecule has 0 saturated heterocycles. The Labute approximate surface area is 106 Å². The summed E-state index contributed by atoms with van der Waals surface area (Å²) in [5.41, 5.74) is 4.38. The fraction of sp³-hybridized carbons (Fsp3) is 0.182. The van der Waals surface area contributed by atoms with Gasteiger partial charge in [-0.1, -0.05) is 5.16 Å². The molecular formula is C11H10F2N4O2. The predicted octanol–water partition coefficient (Wildman–Crippen LogP) is 0.903. The van der Waals surface area contributed by atoms with Crippen LogP contribution in [0.3, 0.4) is 0 Å². The van der Waals surface area contributed by atoms with E-state index in [2.05, 4.69) is 20.0 Å². The fourth-order valence-corrected chi connectivity index (χ4v) is 1.46. The van der Waals surface area contributed by atoms with Gasteiger partial charge >= 0.3 is 0 Å². The van der Waals surface area contributed by atoms with Crippen molar-refractivity contribution in [1.29, 1.82) is 0 Å². The Morgan fingerprint density at radius 3 is 2.89 bits per heavy atom. The second-order valence-corrected chi connectivity index (χ2v) is 3.71. The molecule has 1 aromatic heterocycles. The molecule has 0 radical (unpaired) electrons. The van der Waals surface area contributed by atoms with Gasteiger partial charge in [0.2, 0.25) is 6.39 Å². The quantitative estimate of drug-likeness (QED) is 0.803. The van der Waals surface area contributed by atoms with Crippen molar-refractivity contribution in [2.75, 3.05) is 12.3 Å². The minimum Gasteiger partial charge on any atom is -0.396 e. The average Bonchev–Trinajstić information content (AvgIpc) is 2.86. The van der Waals surface area contributed by atoms with Crippen molar-refractivity contribution in [1.82, 2.24) is 15.5 Å². The van der Waals surface area contributed by atoms with Crippen molar-refractivity contribution < 1.29 is 18.1 Å². The van der Waals surface area contributed by atoms with Gasteiger partial charge in [-0.25, -0.2) is 8.78 Å². The highest BCUT2D eigenvalue weighted by atomic mass is 19.1. The van der Waals surface area contributed by atoms with Crippen LogP contribution in [-0.2, 0) is 6.42 Å². The van der Waals surface area contributed by atoms with Crippen LogP contribution in [0.15, 0.2) is 23.0 Å². The number of hydrogen-bond donors (Lipinski definition) is 2. The maximum absolute atomic E-state index is 13.5. The molecule has 0 fully saturated rings. The molecule has 1 heterocycles. The maximum Gasteiger partial charge on any atom is 0.254 e. The van der Waals surface area contributed by atoms with E-state index < -0.39 is 28.8 Å². The number of nitrogens with one attached hydrogen (secondary N) is 1. The number of benzene rings is 1. The summed E-state index contributed by atoms with van der Waals surface area (Å²) >= 11 is 0. The summed E-state index contributed by atoms with van der Waals surface area (Å²) in [6.07, 6.45) is 1.47. The second kappa shape index (κ2) is 5.42. The zero-order chi connectivity index (χ0) is 13.8. The van der Waals surface area contributed by atoms with E-state index in [1.54, 1.807) is 0 Å². The number of halogens is 2. The Kier molecular flexibility index (Phi) is 3.69. The normalized spacial score (nSPS) is 10.4. The number of nitrogens with two attached hydrogens (primary N) is 1. The van der Waals surface area contributed by atoms with Crippen LogP contribution in [-0.4, -0.2) is 22.6 Å². The molecule has 1 aromatic carbocycles. The highest BCUT2D eigenvalue weighted by Crippen LogP contribution is 2.17. The number of carbonyl (C=O) groups excluding carboxylic acids is 1. The SMILES string of the molecule is Nc1cc(F)cc(C(=O)NCCc2ncon2)c1F. The summed E-state index contributed by atoms with van der Waals surface area (Å²) in [5.74, 6) is -2.08. The van der Waals surface area contributed by atoms with Gasteiger partial charge in [0.15, 0.2) is 11.6 Å². The van der Waals surface area contributed by atoms with Crippen LogP contribution in [0.5, 0.6) is 0 Å². The molecule has 3 N–H and O–H groups in total. The van der Waals surface area contributed by atoms with Crippen molar-refractivity contribution in [3.8, 4) is 0 Å². The number of anilines is 1. The highest BCUT2D eigenvalue weighted by Gasteiger charge is 2.15. The molecule has 6 nitrogen and oxygen atoms in total. The summed E-state index contributed by atoms with van der Waals surface area (Å²) < 4.78 is 31.1. The van der Waals surface area contributed by atoms with Crippen molar-refractivity contribution in [3.63, 3.8) is 0 Å². The number of amides is 1. The Hall–Kier alpha value is -2.51. The number of nitrogens with zero attached hydrogens (tertiary/aromatic N) is 2. The number of hydrogen-bond acceptors (Lipinski definition) is 5. The zero-order valence-electron chi connectivity index (χ0n) is 9.69. The summed E-state index contributed by atoms with van der Waals surface area (Å²) in [6.45, 7) is 0.161. The van der Waals surface area contributed by atoms with Crippen LogP contribution >= 0.6 is 0 Å². The van der Waals surface area contributed by atoms with E-state index in [9.17, 15) is 13.6 Å². The van der Waals surface area contributed by atoms with Crippen molar-refractivity contribution >= 4 is 11.6 Å². The molecule has 0 aliphatic carbocycles. The van der Waals surface area contributed by atoms with Crippen LogP contribution in [0.2, 0.25) is 0 Å². The Morgan fingerprint density at radius 2 is 2.21 bits per heavy atom. The summed E-state index contributed by atoms with van der Waals surface area (Å²) in [4.78, 5) is 15.4. The van der Waals surface area contributed by atoms with Gasteiger partial charge in [-0.15, -0.1) is 0 Å². The van der Waals surface area contributed by atoms with Gasteiger partial charge in [-0.3, -0.25) is 4.79 Å². The van der Waals surface area contributed by atoms with Crippen LogP contribution in [0, 0.1) is 11.6 Å². The van der Waals surface area contributed by atoms with Gasteiger partial charge in [0.1, 0.15) is 5.82 Å². The summed E-state index contributed by atoms with van der Waals surface area (Å²) in [5, 5.41) is 5.95. The lowest BCUT2D eigenvalue weighted by Gasteiger charge is -2.06. The second-order valence-electron chi connectivity index (χ2n) is 3.71. The van der Waals surface area contributed by atoms with Crippen molar-refractivity contribution in [2.45, 2.75) is 6.42 Å². The first-order valence-electron chi connectivity index (χ1n) is 5.36. The molecule has 100 valence electrons. The highest BCUT2D eigenvalue weighted by molar-refractivity contribution is 5.95. The van der Waals surface area contributed by atoms with Gasteiger partial charge in [0.05, 0.1) is 11.3 Å². The smallest absolute Gasteiger partial charge is 0.254 e. The molecule has 0 bridgehead atoms. The monoisotopic (exact) mass is 268 g/mol. The minimum absolute atomic E-state index is 0.161. The predicted molar refractivity (Wildman–Crippen MR) is 61.1 cm³/mol. The van der Waals surface area contributed by atoms with Gasteiger partial charge in [-0.05, 0) is 12.1 Å². The minimum atomic E-state index is -0.946. The fourth-order valence-electron chi connectivity index (χ4n) is 1.46. The molecule has 0 atom stereocenters. The van der Waals surface area contributed by atoms with Gasteiger partial charge in [0.25, 0.3) is 5.91 Å². The molecular weight excluding hydrogens is 258 g/mol. The topological polar surface area (TPSA) is 94.0 Å². The van der Waals surface area contributed by atoms with Gasteiger partial charge < -0.3 is 15.6 Å². The number of aromatic nitrogens is 2. The first kappa shape index (κ1) is 12.9. The molecule has 0 aliphatic heterocycles. The number of rotatable bonds is 4. The van der Waals surface area contributed by atoms with Gasteiger partial charge in [-0.2, -0.15) is 4.98 Å². The van der Waals surface area contributed by atoms with Crippen LogP contribution in [0.4, 0.5) is 14.5 Å². The third kappa shape index (κ3) is 3.03. The third-order valence-corrected chi connectivity index (χ3v) is 2.35. The molecule has 0 saturated carbocycles. The van der Waals surface area contributed by atoms with E-state index in [0.29, 0.717) is 12.2 Å². The van der Waals surface area contributed by atoms with E-state index in [-0.39, 0.29) is 6.54 Å². The summed E-state index contributed by atoms with van der Waals surface area (Å²) in [6, 6.07) is 1.60. The third-order valence-electron chi connectivity index (χ3n) is 2.35. The molecule has 0 aliphatic rings. The van der Waals surface area contributed by atoms with E-state index >= 15 is 0 Å². The van der Waals surface area contributed by atoms with E-state index in [0.717, 1.165) is 18.5 Å². The Balaban J connectivity index is 2.00. The molecule has 19 heavy (non-hydrogen) atoms. The lowest BCUT2D eigenvalue weighted by atomic mass is 10.1. The molecule has 8 heteroatoms. The van der Waals surface area contributed by atoms with E-state index in [1.807, 2.05) is 0 Å². The Bertz CT molecular complexity index is 587. The standard InChI is InChI=1S/C11H10F2N4O2/c12-6-3-7(10(13)8(14)4-6)11(18)15-2-1-9-16-5-19-17-9/h3-5H,1-2,14H2,(H,15,18). The average molecular weight is 268 g/mol. The molecule has 1 amide bonds. The van der Waals surface area contributed by atoms with Crippen molar-refractivity contribution in [3.05, 3.63) is 41.5 Å². The molecule has 0 unspecified atom stereocenters. The van der Waals surface area contributed by atoms with Gasteiger partial charge in [0, 0.05) is 13.0 Å². The number of carbonyl (C=O) groups is 1. The van der Waals surface area contributed by atoms with E-state index in [1.165, 1.54) is 0 Å². The van der Waals surface area contributed by atoms with Crippen LogP contribution in [0.25, 0.3) is 0 Å². The summed E-state index contributed by atoms with van der Waals surface area (Å²) in [7, 11) is 0. The zero-order valence-corrected chi connectivity index (χ0v) is 9.69. The lowest BCUT2D eigenvalue weighted by Crippen LogP contribution is -2.27. The number of nitrogen functional groups attached to an aromatic ring is 1. The Morgan fingerprint density at radius 1 is 1.42 bits per heavy atom. The van der Waals surface area contributed by atoms with Crippen molar-refractivity contribution in [2.24, 2.45) is 0 Å². The first-order valence-corrected chi connectivity index (χ1v) is 5.36. The molecule has 0 spiro atoms. The first-order chi connectivity index (χ1) is 9.08. The molecule has 2 rings (SSSR count). The lowest BCUT2D eigenvalue weighted by molar-refractivity contribution is 0.0949. The maximum atomic E-state index is 13.5. The van der Waals surface area contributed by atoms with E-state index in [4.69, 9.17) is 5.73 Å². The molecule has 2 aromatic rings. The largest absolute Gasteiger partial charge is 0.396 e. The van der Waals surface area contributed by atoms with Crippen LogP contribution < -0.4 is 11.1 Å². The van der Waals surface area contributed by atoms with Crippen LogP contribution in [0.1, 0.15) is 16.2 Å².